The number of hydrogen-bond acceptors (Lipinski definition) is 6. The van der Waals surface area contributed by atoms with Crippen LogP contribution in [-0.2, 0) is 20.9 Å². The number of hydrogen-bond donors (Lipinski definition) is 0. The monoisotopic (exact) mass is 360 g/mol. The number of allylic oxidation sites excluding steroid dienone is 1. The van der Waals surface area contributed by atoms with E-state index in [0.29, 0.717) is 6.42 Å². The molecule has 0 radical (unpaired) electrons. The molecule has 1 aromatic rings. The number of ether oxygens (including phenoxy) is 1. The third kappa shape index (κ3) is 3.54. The molecular weight excluding hydrogens is 340 g/mol. The van der Waals surface area contributed by atoms with E-state index in [1.807, 2.05) is 0 Å². The molecule has 4 amide bonds. The first-order valence-corrected chi connectivity index (χ1v) is 8.53. The minimum Gasteiger partial charge on any atom is -0.463 e. The number of amides is 4. The Bertz CT molecular complexity index is 778. The first-order valence-electron chi connectivity index (χ1n) is 8.53. The Hall–Kier alpha value is -2.90. The summed E-state index contributed by atoms with van der Waals surface area (Å²) in [6.07, 6.45) is 6.99. The molecule has 1 aliphatic heterocycles. The Morgan fingerprint density at radius 2 is 1.92 bits per heavy atom. The van der Waals surface area contributed by atoms with Crippen molar-refractivity contribution in [3.63, 3.8) is 0 Å². The third-order valence-corrected chi connectivity index (χ3v) is 4.54. The van der Waals surface area contributed by atoms with Crippen molar-refractivity contribution in [2.24, 2.45) is 0 Å². The van der Waals surface area contributed by atoms with Crippen molar-refractivity contribution in [2.45, 2.75) is 38.6 Å². The topological polar surface area (TPSA) is 97.1 Å². The molecule has 1 saturated heterocycles. The van der Waals surface area contributed by atoms with Gasteiger partial charge in [-0.2, -0.15) is 0 Å². The van der Waals surface area contributed by atoms with Gasteiger partial charge in [-0.05, 0) is 44.2 Å². The van der Waals surface area contributed by atoms with Gasteiger partial charge in [0.2, 0.25) is 5.76 Å². The molecule has 8 heteroatoms. The SMILES string of the molecule is COC(=O)c1ccc(CN2C(=O)C(=O)N(CCC3=CCCCC3)C2=O)o1. The maximum Gasteiger partial charge on any atom is 0.373 e. The molecule has 26 heavy (non-hydrogen) atoms. The Balaban J connectivity index is 1.65. The van der Waals surface area contributed by atoms with E-state index in [-0.39, 0.29) is 24.6 Å². The second-order valence-electron chi connectivity index (χ2n) is 6.25. The number of rotatable bonds is 6. The minimum absolute atomic E-state index is 0.0333. The summed E-state index contributed by atoms with van der Waals surface area (Å²) in [5, 5.41) is 0. The van der Waals surface area contributed by atoms with E-state index in [9.17, 15) is 19.2 Å². The number of imide groups is 2. The first-order chi connectivity index (χ1) is 12.5. The van der Waals surface area contributed by atoms with Crippen molar-refractivity contribution >= 4 is 23.8 Å². The molecule has 0 aromatic carbocycles. The standard InChI is InChI=1S/C18H20N2O6/c1-25-17(23)14-8-7-13(26-14)11-20-16(22)15(21)19(18(20)24)10-9-12-5-3-2-4-6-12/h5,7-8H,2-4,6,9-11H2,1H3. The van der Waals surface area contributed by atoms with Gasteiger partial charge < -0.3 is 9.15 Å². The lowest BCUT2D eigenvalue weighted by Crippen LogP contribution is -2.33. The lowest BCUT2D eigenvalue weighted by molar-refractivity contribution is -0.143. The fourth-order valence-corrected chi connectivity index (χ4v) is 3.10. The van der Waals surface area contributed by atoms with Crippen molar-refractivity contribution in [3.8, 4) is 0 Å². The zero-order valence-electron chi connectivity index (χ0n) is 14.5. The van der Waals surface area contributed by atoms with Gasteiger partial charge in [0.1, 0.15) is 5.76 Å². The van der Waals surface area contributed by atoms with Gasteiger partial charge in [0.25, 0.3) is 0 Å². The second kappa shape index (κ2) is 7.55. The fourth-order valence-electron chi connectivity index (χ4n) is 3.10. The highest BCUT2D eigenvalue weighted by Crippen LogP contribution is 2.23. The van der Waals surface area contributed by atoms with E-state index in [2.05, 4.69) is 10.8 Å². The van der Waals surface area contributed by atoms with E-state index in [1.54, 1.807) is 0 Å². The van der Waals surface area contributed by atoms with Gasteiger partial charge in [-0.25, -0.2) is 14.5 Å². The largest absolute Gasteiger partial charge is 0.463 e. The van der Waals surface area contributed by atoms with E-state index in [1.165, 1.54) is 24.8 Å². The van der Waals surface area contributed by atoms with Gasteiger partial charge in [-0.15, -0.1) is 0 Å². The number of methoxy groups -OCH3 is 1. The van der Waals surface area contributed by atoms with Crippen LogP contribution in [0.5, 0.6) is 0 Å². The Labute approximate surface area is 150 Å². The molecule has 0 bridgehead atoms. The Morgan fingerprint density at radius 1 is 1.15 bits per heavy atom. The highest BCUT2D eigenvalue weighted by Gasteiger charge is 2.44. The molecular formula is C18H20N2O6. The molecule has 3 rings (SSSR count). The molecule has 0 N–H and O–H groups in total. The average Bonchev–Trinajstić information content (AvgIpc) is 3.20. The third-order valence-electron chi connectivity index (χ3n) is 4.54. The van der Waals surface area contributed by atoms with Crippen molar-refractivity contribution in [2.75, 3.05) is 13.7 Å². The van der Waals surface area contributed by atoms with Crippen LogP contribution in [0.4, 0.5) is 4.79 Å². The number of nitrogens with zero attached hydrogens (tertiary/aromatic N) is 2. The Kier molecular flexibility index (Phi) is 5.20. The maximum absolute atomic E-state index is 12.5. The van der Waals surface area contributed by atoms with Gasteiger partial charge in [-0.3, -0.25) is 14.5 Å². The first kappa shape index (κ1) is 17.9. The van der Waals surface area contributed by atoms with Crippen LogP contribution < -0.4 is 0 Å². The quantitative estimate of drug-likeness (QED) is 0.334. The summed E-state index contributed by atoms with van der Waals surface area (Å²) in [4.78, 5) is 49.9. The van der Waals surface area contributed by atoms with Crippen LogP contribution in [-0.4, -0.2) is 47.3 Å². The number of esters is 1. The molecule has 1 fully saturated rings. The highest BCUT2D eigenvalue weighted by atomic mass is 16.5. The maximum atomic E-state index is 12.5. The van der Waals surface area contributed by atoms with Crippen LogP contribution in [0.25, 0.3) is 0 Å². The summed E-state index contributed by atoms with van der Waals surface area (Å²) >= 11 is 0. The summed E-state index contributed by atoms with van der Waals surface area (Å²) in [6.45, 7) is -0.0170. The minimum atomic E-state index is -0.886. The number of carbonyl (C=O) groups is 4. The summed E-state index contributed by atoms with van der Waals surface area (Å²) in [5.74, 6) is -2.19. The van der Waals surface area contributed by atoms with Gasteiger partial charge in [0.05, 0.1) is 13.7 Å². The van der Waals surface area contributed by atoms with Crippen LogP contribution in [0.3, 0.4) is 0 Å². The fraction of sp³-hybridized carbons (Fsp3) is 0.444. The molecule has 1 aliphatic carbocycles. The zero-order chi connectivity index (χ0) is 18.7. The molecule has 1 aromatic heterocycles. The highest BCUT2D eigenvalue weighted by molar-refractivity contribution is 6.44. The number of urea groups is 1. The van der Waals surface area contributed by atoms with Crippen molar-refractivity contribution in [1.82, 2.24) is 9.80 Å². The van der Waals surface area contributed by atoms with Crippen LogP contribution in [0.2, 0.25) is 0 Å². The van der Waals surface area contributed by atoms with E-state index in [4.69, 9.17) is 4.42 Å². The van der Waals surface area contributed by atoms with E-state index >= 15 is 0 Å². The molecule has 138 valence electrons. The predicted octanol–water partition coefficient (Wildman–Crippen LogP) is 2.25. The summed E-state index contributed by atoms with van der Waals surface area (Å²) in [6, 6.07) is 2.20. The van der Waals surface area contributed by atoms with Crippen LogP contribution in [0, 0.1) is 0 Å². The predicted molar refractivity (Wildman–Crippen MR) is 88.9 cm³/mol. The molecule has 0 atom stereocenters. The summed E-state index contributed by atoms with van der Waals surface area (Å²) in [5.41, 5.74) is 1.22. The average molecular weight is 360 g/mol. The molecule has 2 aliphatic rings. The Morgan fingerprint density at radius 3 is 2.62 bits per heavy atom. The van der Waals surface area contributed by atoms with Crippen LogP contribution in [0.15, 0.2) is 28.2 Å². The molecule has 0 saturated carbocycles. The molecule has 0 spiro atoms. The molecule has 2 heterocycles. The number of furan rings is 1. The molecule has 8 nitrogen and oxygen atoms in total. The lowest BCUT2D eigenvalue weighted by Gasteiger charge is -2.17. The van der Waals surface area contributed by atoms with Crippen molar-refractivity contribution < 1.29 is 28.3 Å². The van der Waals surface area contributed by atoms with Crippen molar-refractivity contribution in [3.05, 3.63) is 35.3 Å². The lowest BCUT2D eigenvalue weighted by atomic mass is 9.97. The second-order valence-corrected chi connectivity index (χ2v) is 6.25. The normalized spacial score (nSPS) is 17.7. The van der Waals surface area contributed by atoms with Crippen LogP contribution in [0.1, 0.15) is 48.4 Å². The van der Waals surface area contributed by atoms with E-state index < -0.39 is 23.8 Å². The van der Waals surface area contributed by atoms with Gasteiger partial charge in [-0.1, -0.05) is 11.6 Å². The summed E-state index contributed by atoms with van der Waals surface area (Å²) in [7, 11) is 1.22. The van der Waals surface area contributed by atoms with Gasteiger partial charge in [0, 0.05) is 6.54 Å². The van der Waals surface area contributed by atoms with Crippen LogP contribution >= 0.6 is 0 Å². The smallest absolute Gasteiger partial charge is 0.373 e. The zero-order valence-corrected chi connectivity index (χ0v) is 14.5. The van der Waals surface area contributed by atoms with Gasteiger partial charge >= 0.3 is 23.8 Å². The molecule has 0 unspecified atom stereocenters. The van der Waals surface area contributed by atoms with Gasteiger partial charge in [0.15, 0.2) is 0 Å². The number of carbonyl (C=O) groups excluding carboxylic acids is 4. The van der Waals surface area contributed by atoms with Crippen molar-refractivity contribution in [1.29, 1.82) is 0 Å². The van der Waals surface area contributed by atoms with E-state index in [0.717, 1.165) is 35.5 Å². The summed E-state index contributed by atoms with van der Waals surface area (Å²) < 4.78 is 9.80.